The van der Waals surface area contributed by atoms with Crippen LogP contribution in [0.4, 0.5) is 5.69 Å². The molecule has 1 heterocycles. The summed E-state index contributed by atoms with van der Waals surface area (Å²) in [6.07, 6.45) is 1.61. The SMILES string of the molecule is C/C(=N\NC(=O)c1ccc([N+](=O)[O-])cc1Cl)c1ccccn1. The minimum absolute atomic E-state index is 0.0163. The van der Waals surface area contributed by atoms with Crippen molar-refractivity contribution >= 4 is 28.9 Å². The molecule has 0 saturated carbocycles. The molecule has 0 bridgehead atoms. The first kappa shape index (κ1) is 15.6. The first-order valence-corrected chi connectivity index (χ1v) is 6.57. The van der Waals surface area contributed by atoms with E-state index in [1.54, 1.807) is 31.3 Å². The van der Waals surface area contributed by atoms with Crippen LogP contribution in [0.1, 0.15) is 23.0 Å². The van der Waals surface area contributed by atoms with Gasteiger partial charge in [0, 0.05) is 18.3 Å². The van der Waals surface area contributed by atoms with E-state index in [-0.39, 0.29) is 16.3 Å². The zero-order chi connectivity index (χ0) is 16.1. The molecule has 0 fully saturated rings. The minimum Gasteiger partial charge on any atom is -0.267 e. The zero-order valence-corrected chi connectivity index (χ0v) is 12.2. The smallest absolute Gasteiger partial charge is 0.267 e. The number of rotatable bonds is 4. The molecule has 0 aliphatic carbocycles. The largest absolute Gasteiger partial charge is 0.272 e. The predicted octanol–water partition coefficient (Wildman–Crippen LogP) is 2.80. The number of benzene rings is 1. The van der Waals surface area contributed by atoms with Crippen molar-refractivity contribution < 1.29 is 9.72 Å². The first-order valence-electron chi connectivity index (χ1n) is 6.19. The van der Waals surface area contributed by atoms with E-state index < -0.39 is 10.8 Å². The van der Waals surface area contributed by atoms with Crippen molar-refractivity contribution in [3.05, 3.63) is 69.0 Å². The quantitative estimate of drug-likeness (QED) is 0.532. The summed E-state index contributed by atoms with van der Waals surface area (Å²) in [7, 11) is 0. The number of hydrazone groups is 1. The molecule has 0 aliphatic rings. The topological polar surface area (TPSA) is 97.5 Å². The van der Waals surface area contributed by atoms with Crippen LogP contribution in [0.5, 0.6) is 0 Å². The Morgan fingerprint density at radius 1 is 1.36 bits per heavy atom. The number of hydrogen-bond acceptors (Lipinski definition) is 5. The molecule has 0 unspecified atom stereocenters. The van der Waals surface area contributed by atoms with Crippen LogP contribution in [-0.2, 0) is 0 Å². The van der Waals surface area contributed by atoms with Crippen molar-refractivity contribution in [2.24, 2.45) is 5.10 Å². The third-order valence-corrected chi connectivity index (χ3v) is 3.08. The van der Waals surface area contributed by atoms with Gasteiger partial charge in [0.25, 0.3) is 11.6 Å². The maximum Gasteiger partial charge on any atom is 0.272 e. The average Bonchev–Trinajstić information content (AvgIpc) is 2.52. The minimum atomic E-state index is -0.586. The third-order valence-electron chi connectivity index (χ3n) is 2.77. The van der Waals surface area contributed by atoms with E-state index in [0.29, 0.717) is 11.4 Å². The van der Waals surface area contributed by atoms with Gasteiger partial charge < -0.3 is 0 Å². The average molecular weight is 319 g/mol. The van der Waals surface area contributed by atoms with Crippen LogP contribution in [-0.4, -0.2) is 21.5 Å². The number of hydrogen-bond donors (Lipinski definition) is 1. The molecule has 2 aromatic rings. The van der Waals surface area contributed by atoms with Crippen molar-refractivity contribution in [2.45, 2.75) is 6.92 Å². The maximum absolute atomic E-state index is 12.0. The Bertz CT molecular complexity index is 747. The van der Waals surface area contributed by atoms with E-state index in [1.165, 1.54) is 12.1 Å². The molecular formula is C14H11ClN4O3. The summed E-state index contributed by atoms with van der Waals surface area (Å²) < 4.78 is 0. The van der Waals surface area contributed by atoms with Crippen LogP contribution < -0.4 is 5.43 Å². The lowest BCUT2D eigenvalue weighted by Crippen LogP contribution is -2.20. The van der Waals surface area contributed by atoms with E-state index in [0.717, 1.165) is 6.07 Å². The first-order chi connectivity index (χ1) is 10.5. The molecule has 0 saturated heterocycles. The fraction of sp³-hybridized carbons (Fsp3) is 0.0714. The molecule has 2 rings (SSSR count). The molecule has 0 spiro atoms. The normalized spacial score (nSPS) is 11.1. The van der Waals surface area contributed by atoms with Crippen molar-refractivity contribution in [3.8, 4) is 0 Å². The standard InChI is InChI=1S/C14H11ClN4O3/c1-9(13-4-2-3-7-16-13)17-18-14(20)11-6-5-10(19(21)22)8-12(11)15/h2-8H,1H3,(H,18,20)/b17-9+. The number of halogens is 1. The van der Waals surface area contributed by atoms with Crippen LogP contribution >= 0.6 is 11.6 Å². The molecule has 1 aromatic carbocycles. The van der Waals surface area contributed by atoms with Crippen molar-refractivity contribution in [2.75, 3.05) is 0 Å². The van der Waals surface area contributed by atoms with Gasteiger partial charge in [0.1, 0.15) is 0 Å². The summed E-state index contributed by atoms with van der Waals surface area (Å²) >= 11 is 5.87. The van der Waals surface area contributed by atoms with E-state index >= 15 is 0 Å². The lowest BCUT2D eigenvalue weighted by atomic mass is 10.2. The second kappa shape index (κ2) is 6.77. The van der Waals surface area contributed by atoms with E-state index in [4.69, 9.17) is 11.6 Å². The van der Waals surface area contributed by atoms with Gasteiger partial charge in [-0.25, -0.2) is 5.43 Å². The summed E-state index contributed by atoms with van der Waals surface area (Å²) in [6, 6.07) is 8.93. The predicted molar refractivity (Wildman–Crippen MR) is 82.0 cm³/mol. The van der Waals surface area contributed by atoms with Gasteiger partial charge in [-0.05, 0) is 25.1 Å². The number of aromatic nitrogens is 1. The van der Waals surface area contributed by atoms with Gasteiger partial charge in [0.2, 0.25) is 0 Å². The lowest BCUT2D eigenvalue weighted by Gasteiger charge is -2.04. The Balaban J connectivity index is 2.14. The van der Waals surface area contributed by atoms with E-state index in [1.807, 2.05) is 0 Å². The number of carbonyl (C=O) groups excluding carboxylic acids is 1. The molecule has 0 atom stereocenters. The number of carbonyl (C=O) groups is 1. The van der Waals surface area contributed by atoms with Crippen LogP contribution in [0.25, 0.3) is 0 Å². The number of pyridine rings is 1. The second-order valence-electron chi connectivity index (χ2n) is 4.27. The van der Waals surface area contributed by atoms with Gasteiger partial charge in [-0.3, -0.25) is 19.9 Å². The van der Waals surface area contributed by atoms with Gasteiger partial charge in [-0.15, -0.1) is 0 Å². The Morgan fingerprint density at radius 2 is 2.14 bits per heavy atom. The Hall–Kier alpha value is -2.80. The zero-order valence-electron chi connectivity index (χ0n) is 11.5. The number of non-ortho nitro benzene ring substituents is 1. The summed E-state index contributed by atoms with van der Waals surface area (Å²) in [4.78, 5) is 26.1. The third kappa shape index (κ3) is 3.64. The molecule has 22 heavy (non-hydrogen) atoms. The Kier molecular flexibility index (Phi) is 4.80. The molecular weight excluding hydrogens is 308 g/mol. The molecule has 1 amide bonds. The summed E-state index contributed by atoms with van der Waals surface area (Å²) in [5.74, 6) is -0.560. The number of nitro benzene ring substituents is 1. The monoisotopic (exact) mass is 318 g/mol. The van der Waals surface area contributed by atoms with Gasteiger partial charge in [0.15, 0.2) is 0 Å². The number of nitro groups is 1. The molecule has 7 nitrogen and oxygen atoms in total. The number of nitrogens with zero attached hydrogens (tertiary/aromatic N) is 3. The van der Waals surface area contributed by atoms with Crippen molar-refractivity contribution in [1.82, 2.24) is 10.4 Å². The maximum atomic E-state index is 12.0. The molecule has 0 radical (unpaired) electrons. The highest BCUT2D eigenvalue weighted by molar-refractivity contribution is 6.34. The van der Waals surface area contributed by atoms with Crippen molar-refractivity contribution in [1.29, 1.82) is 0 Å². The molecule has 1 aromatic heterocycles. The van der Waals surface area contributed by atoms with Crippen LogP contribution in [0.3, 0.4) is 0 Å². The Labute approximate surface area is 130 Å². The van der Waals surface area contributed by atoms with Crippen LogP contribution in [0, 0.1) is 10.1 Å². The van der Waals surface area contributed by atoms with Gasteiger partial charge in [-0.2, -0.15) is 5.10 Å². The summed E-state index contributed by atoms with van der Waals surface area (Å²) in [5, 5.41) is 14.5. The highest BCUT2D eigenvalue weighted by Gasteiger charge is 2.14. The molecule has 8 heteroatoms. The number of amides is 1. The summed E-state index contributed by atoms with van der Waals surface area (Å²) in [5.41, 5.74) is 3.40. The molecule has 1 N–H and O–H groups in total. The van der Waals surface area contributed by atoms with Crippen molar-refractivity contribution in [3.63, 3.8) is 0 Å². The number of nitrogens with one attached hydrogen (secondary N) is 1. The fourth-order valence-corrected chi connectivity index (χ4v) is 1.89. The van der Waals surface area contributed by atoms with Gasteiger partial charge in [-0.1, -0.05) is 17.7 Å². The van der Waals surface area contributed by atoms with Gasteiger partial charge >= 0.3 is 0 Å². The molecule has 112 valence electrons. The Morgan fingerprint density at radius 3 is 2.73 bits per heavy atom. The van der Waals surface area contributed by atoms with Crippen LogP contribution in [0.2, 0.25) is 5.02 Å². The summed E-state index contributed by atoms with van der Waals surface area (Å²) in [6.45, 7) is 1.69. The highest BCUT2D eigenvalue weighted by Crippen LogP contribution is 2.22. The van der Waals surface area contributed by atoms with E-state index in [9.17, 15) is 14.9 Å². The lowest BCUT2D eigenvalue weighted by molar-refractivity contribution is -0.384. The fourth-order valence-electron chi connectivity index (χ4n) is 1.63. The van der Waals surface area contributed by atoms with Crippen LogP contribution in [0.15, 0.2) is 47.7 Å². The second-order valence-corrected chi connectivity index (χ2v) is 4.68. The highest BCUT2D eigenvalue weighted by atomic mass is 35.5. The molecule has 0 aliphatic heterocycles. The van der Waals surface area contributed by atoms with Gasteiger partial charge in [0.05, 0.1) is 26.9 Å². The van der Waals surface area contributed by atoms with E-state index in [2.05, 4.69) is 15.5 Å².